The number of halogens is 2. The molecular weight excluding hydrogens is 341 g/mol. The Labute approximate surface area is 131 Å². The lowest BCUT2D eigenvalue weighted by Crippen LogP contribution is -2.18. The molecule has 2 rings (SSSR count). The molecule has 0 bridgehead atoms. The van der Waals surface area contributed by atoms with Crippen LogP contribution in [0, 0.1) is 5.82 Å². The number of hydrogen-bond donors (Lipinski definition) is 1. The minimum Gasteiger partial charge on any atom is -0.496 e. The number of aryl methyl sites for hydroxylation is 1. The van der Waals surface area contributed by atoms with E-state index in [1.54, 1.807) is 24.5 Å². The molecule has 2 nitrogen and oxygen atoms in total. The van der Waals surface area contributed by atoms with Gasteiger partial charge in [-0.15, -0.1) is 11.3 Å². The third kappa shape index (κ3) is 2.90. The summed E-state index contributed by atoms with van der Waals surface area (Å²) in [5.74, 6) is 0.239. The van der Waals surface area contributed by atoms with Gasteiger partial charge in [0.25, 0.3) is 0 Å². The van der Waals surface area contributed by atoms with E-state index in [1.165, 1.54) is 16.5 Å². The van der Waals surface area contributed by atoms with Crippen LogP contribution in [0.3, 0.4) is 0 Å². The molecule has 1 heterocycles. The summed E-state index contributed by atoms with van der Waals surface area (Å²) in [4.78, 5) is 1.24. The number of rotatable bonds is 5. The van der Waals surface area contributed by atoms with E-state index < -0.39 is 0 Å². The minimum absolute atomic E-state index is 0.00296. The molecule has 2 aromatic rings. The molecule has 0 fully saturated rings. The molecule has 1 N–H and O–H groups in total. The van der Waals surface area contributed by atoms with Crippen LogP contribution in [0.5, 0.6) is 5.75 Å². The van der Waals surface area contributed by atoms with Gasteiger partial charge in [0.1, 0.15) is 11.6 Å². The van der Waals surface area contributed by atoms with Crippen LogP contribution in [-0.2, 0) is 6.42 Å². The topological polar surface area (TPSA) is 21.3 Å². The van der Waals surface area contributed by atoms with Crippen molar-refractivity contribution in [2.45, 2.75) is 19.4 Å². The number of hydrogen-bond acceptors (Lipinski definition) is 3. The summed E-state index contributed by atoms with van der Waals surface area (Å²) in [6.45, 7) is 2.14. The van der Waals surface area contributed by atoms with Gasteiger partial charge in [-0.1, -0.05) is 6.92 Å². The lowest BCUT2D eigenvalue weighted by molar-refractivity contribution is 0.401. The molecule has 0 aliphatic rings. The molecule has 0 saturated heterocycles. The largest absolute Gasteiger partial charge is 0.496 e. The molecule has 0 radical (unpaired) electrons. The molecular formula is C15H17BrFNOS. The van der Waals surface area contributed by atoms with Crippen LogP contribution in [-0.4, -0.2) is 14.2 Å². The standard InChI is InChI=1S/C15H17BrFNOS/c1-4-9-5-6-20-15(9)14(18-2)10-7-11(16)12(17)8-13(10)19-3/h5-8,14,18H,4H2,1-3H3. The SMILES string of the molecule is CCc1ccsc1C(NC)c1cc(Br)c(F)cc1OC. The summed E-state index contributed by atoms with van der Waals surface area (Å²) >= 11 is 4.95. The average molecular weight is 358 g/mol. The monoisotopic (exact) mass is 357 g/mol. The van der Waals surface area contributed by atoms with Crippen molar-refractivity contribution < 1.29 is 9.13 Å². The van der Waals surface area contributed by atoms with Gasteiger partial charge in [-0.3, -0.25) is 0 Å². The molecule has 0 aliphatic heterocycles. The van der Waals surface area contributed by atoms with Gasteiger partial charge < -0.3 is 10.1 Å². The van der Waals surface area contributed by atoms with Crippen molar-refractivity contribution in [2.75, 3.05) is 14.2 Å². The fourth-order valence-corrected chi connectivity index (χ4v) is 3.75. The van der Waals surface area contributed by atoms with Crippen molar-refractivity contribution >= 4 is 27.3 Å². The molecule has 0 saturated carbocycles. The smallest absolute Gasteiger partial charge is 0.141 e. The number of nitrogens with one attached hydrogen (secondary N) is 1. The Kier molecular flexibility index (Phi) is 5.18. The highest BCUT2D eigenvalue weighted by Crippen LogP contribution is 2.37. The third-order valence-electron chi connectivity index (χ3n) is 3.30. The van der Waals surface area contributed by atoms with Gasteiger partial charge >= 0.3 is 0 Å². The van der Waals surface area contributed by atoms with Crippen LogP contribution in [0.25, 0.3) is 0 Å². The second-order valence-corrected chi connectivity index (χ2v) is 6.20. The van der Waals surface area contributed by atoms with Crippen LogP contribution in [0.1, 0.15) is 29.0 Å². The lowest BCUT2D eigenvalue weighted by atomic mass is 10.0. The highest BCUT2D eigenvalue weighted by atomic mass is 79.9. The zero-order chi connectivity index (χ0) is 14.7. The molecule has 1 aromatic heterocycles. The first-order valence-corrected chi connectivity index (χ1v) is 8.06. The van der Waals surface area contributed by atoms with E-state index in [-0.39, 0.29) is 11.9 Å². The highest BCUT2D eigenvalue weighted by Gasteiger charge is 2.22. The van der Waals surface area contributed by atoms with Crippen molar-refractivity contribution in [2.24, 2.45) is 0 Å². The molecule has 5 heteroatoms. The first-order valence-electron chi connectivity index (χ1n) is 6.38. The van der Waals surface area contributed by atoms with Gasteiger partial charge in [-0.2, -0.15) is 0 Å². The van der Waals surface area contributed by atoms with Crippen molar-refractivity contribution in [1.29, 1.82) is 0 Å². The van der Waals surface area contributed by atoms with Crippen molar-refractivity contribution in [3.8, 4) is 5.75 Å². The number of thiophene rings is 1. The second-order valence-electron chi connectivity index (χ2n) is 4.39. The van der Waals surface area contributed by atoms with E-state index in [0.29, 0.717) is 10.2 Å². The molecule has 1 atom stereocenters. The van der Waals surface area contributed by atoms with Gasteiger partial charge in [0.15, 0.2) is 0 Å². The molecule has 0 amide bonds. The lowest BCUT2D eigenvalue weighted by Gasteiger charge is -2.20. The number of methoxy groups -OCH3 is 1. The van der Waals surface area contributed by atoms with E-state index in [9.17, 15) is 4.39 Å². The molecule has 20 heavy (non-hydrogen) atoms. The first kappa shape index (κ1) is 15.5. The van der Waals surface area contributed by atoms with E-state index in [0.717, 1.165) is 12.0 Å². The summed E-state index contributed by atoms with van der Waals surface area (Å²) < 4.78 is 19.4. The molecule has 0 spiro atoms. The predicted molar refractivity (Wildman–Crippen MR) is 85.3 cm³/mol. The zero-order valence-electron chi connectivity index (χ0n) is 11.7. The summed E-state index contributed by atoms with van der Waals surface area (Å²) in [6, 6.07) is 5.34. The molecule has 1 aromatic carbocycles. The van der Waals surface area contributed by atoms with E-state index in [1.807, 2.05) is 7.05 Å². The Balaban J connectivity index is 2.54. The van der Waals surface area contributed by atoms with E-state index in [4.69, 9.17) is 4.74 Å². The summed E-state index contributed by atoms with van der Waals surface area (Å²) in [7, 11) is 3.47. The van der Waals surface area contributed by atoms with Crippen LogP contribution in [0.15, 0.2) is 28.1 Å². The second kappa shape index (κ2) is 6.70. The maximum atomic E-state index is 13.7. The van der Waals surface area contributed by atoms with E-state index >= 15 is 0 Å². The van der Waals surface area contributed by atoms with Gasteiger partial charge in [0.2, 0.25) is 0 Å². The van der Waals surface area contributed by atoms with Crippen LogP contribution in [0.4, 0.5) is 4.39 Å². The maximum absolute atomic E-state index is 13.7. The first-order chi connectivity index (χ1) is 9.62. The molecule has 1 unspecified atom stereocenters. The average Bonchev–Trinajstić information content (AvgIpc) is 2.91. The van der Waals surface area contributed by atoms with Crippen molar-refractivity contribution in [3.63, 3.8) is 0 Å². The van der Waals surface area contributed by atoms with Gasteiger partial charge in [0.05, 0.1) is 17.6 Å². The van der Waals surface area contributed by atoms with Crippen molar-refractivity contribution in [1.82, 2.24) is 5.32 Å². The summed E-state index contributed by atoms with van der Waals surface area (Å²) in [5.41, 5.74) is 2.23. The fraction of sp³-hybridized carbons (Fsp3) is 0.333. The van der Waals surface area contributed by atoms with Crippen LogP contribution < -0.4 is 10.1 Å². The normalized spacial score (nSPS) is 12.4. The number of ether oxygens (including phenoxy) is 1. The van der Waals surface area contributed by atoms with Crippen LogP contribution in [0.2, 0.25) is 0 Å². The third-order valence-corrected chi connectivity index (χ3v) is 4.93. The van der Waals surface area contributed by atoms with E-state index in [2.05, 4.69) is 39.6 Å². The minimum atomic E-state index is -0.317. The Morgan fingerprint density at radius 2 is 2.20 bits per heavy atom. The molecule has 108 valence electrons. The summed E-state index contributed by atoms with van der Waals surface area (Å²) in [6.07, 6.45) is 0.974. The highest BCUT2D eigenvalue weighted by molar-refractivity contribution is 9.10. The summed E-state index contributed by atoms with van der Waals surface area (Å²) in [5, 5.41) is 5.39. The maximum Gasteiger partial charge on any atom is 0.141 e. The van der Waals surface area contributed by atoms with Gasteiger partial charge in [0, 0.05) is 16.5 Å². The Morgan fingerprint density at radius 1 is 1.45 bits per heavy atom. The van der Waals surface area contributed by atoms with Gasteiger partial charge in [-0.25, -0.2) is 4.39 Å². The van der Waals surface area contributed by atoms with Crippen LogP contribution >= 0.6 is 27.3 Å². The Bertz CT molecular complexity index is 600. The predicted octanol–water partition coefficient (Wildman–Crippen LogP) is 4.53. The molecule has 0 aliphatic carbocycles. The zero-order valence-corrected chi connectivity index (χ0v) is 14.1. The van der Waals surface area contributed by atoms with Gasteiger partial charge in [-0.05, 0) is 52.5 Å². The number of benzene rings is 1. The quantitative estimate of drug-likeness (QED) is 0.848. The Morgan fingerprint density at radius 3 is 2.80 bits per heavy atom. The fourth-order valence-electron chi connectivity index (χ4n) is 2.27. The Hall–Kier alpha value is -0.910. The van der Waals surface area contributed by atoms with Crippen molar-refractivity contribution in [3.05, 3.63) is 49.9 Å².